The molecule has 3 aliphatic heterocycles. The van der Waals surface area contributed by atoms with Gasteiger partial charge in [0.1, 0.15) is 16.6 Å². The van der Waals surface area contributed by atoms with Gasteiger partial charge in [0.25, 0.3) is 5.91 Å². The Morgan fingerprint density at radius 3 is 2.67 bits per heavy atom. The van der Waals surface area contributed by atoms with Crippen LogP contribution in [0.2, 0.25) is 5.02 Å². The highest BCUT2D eigenvalue weighted by atomic mass is 35.5. The number of halogens is 1. The molecule has 4 heterocycles. The molecule has 2 aromatic rings. The van der Waals surface area contributed by atoms with Crippen LogP contribution in [0.15, 0.2) is 56.5 Å². The predicted molar refractivity (Wildman–Crippen MR) is 129 cm³/mol. The van der Waals surface area contributed by atoms with E-state index in [1.165, 1.54) is 11.1 Å². The van der Waals surface area contributed by atoms with Crippen LogP contribution in [0.5, 0.6) is 0 Å². The number of amides is 2. The molecule has 1 aromatic heterocycles. The summed E-state index contributed by atoms with van der Waals surface area (Å²) in [5, 5.41) is 15.7. The number of carbonyl (C=O) groups is 2. The third-order valence-corrected chi connectivity index (χ3v) is 6.71. The Balaban J connectivity index is 1.33. The first kappa shape index (κ1) is 21.7. The number of carbonyl (C=O) groups excluding carboxylic acids is 2. The van der Waals surface area contributed by atoms with E-state index in [0.717, 1.165) is 49.7 Å². The van der Waals surface area contributed by atoms with Gasteiger partial charge in [-0.1, -0.05) is 11.6 Å². The lowest BCUT2D eigenvalue weighted by atomic mass is 10.1. The SMILES string of the molecule is N=C1/C(=C/c2ccc(-c3ccc(Cl)cc3)o2)C(=O)N=C2SC(CC(=O)N3CCCCC3)=NN12. The third kappa shape index (κ3) is 4.51. The number of fused-ring (bicyclic) bond motifs is 1. The third-order valence-electron chi connectivity index (χ3n) is 5.55. The van der Waals surface area contributed by atoms with E-state index >= 15 is 0 Å². The molecule has 2 amide bonds. The minimum absolute atomic E-state index is 0.0142. The van der Waals surface area contributed by atoms with Crippen LogP contribution in [0.3, 0.4) is 0 Å². The number of hydrogen-bond acceptors (Lipinski definition) is 6. The Kier molecular flexibility index (Phi) is 5.90. The van der Waals surface area contributed by atoms with Crippen molar-refractivity contribution in [2.24, 2.45) is 10.1 Å². The highest BCUT2D eigenvalue weighted by molar-refractivity contribution is 8.27. The molecule has 0 aliphatic carbocycles. The Labute approximate surface area is 199 Å². The maximum absolute atomic E-state index is 12.6. The second-order valence-electron chi connectivity index (χ2n) is 7.84. The summed E-state index contributed by atoms with van der Waals surface area (Å²) in [5.41, 5.74) is 0.918. The van der Waals surface area contributed by atoms with Crippen molar-refractivity contribution in [3.8, 4) is 11.3 Å². The van der Waals surface area contributed by atoms with Gasteiger partial charge in [-0.15, -0.1) is 0 Å². The van der Waals surface area contributed by atoms with Crippen LogP contribution in [0.25, 0.3) is 17.4 Å². The van der Waals surface area contributed by atoms with Crippen LogP contribution in [-0.2, 0) is 9.59 Å². The fourth-order valence-corrected chi connectivity index (χ4v) is 4.83. The number of rotatable bonds is 4. The Morgan fingerprint density at radius 2 is 1.91 bits per heavy atom. The molecule has 33 heavy (non-hydrogen) atoms. The predicted octanol–water partition coefficient (Wildman–Crippen LogP) is 4.62. The summed E-state index contributed by atoms with van der Waals surface area (Å²) >= 11 is 7.10. The topological polar surface area (TPSA) is 102 Å². The van der Waals surface area contributed by atoms with Crippen molar-refractivity contribution in [1.82, 2.24) is 9.91 Å². The van der Waals surface area contributed by atoms with Gasteiger partial charge < -0.3 is 9.32 Å². The van der Waals surface area contributed by atoms with Gasteiger partial charge >= 0.3 is 0 Å². The summed E-state index contributed by atoms with van der Waals surface area (Å²) < 4.78 is 5.83. The zero-order valence-corrected chi connectivity index (χ0v) is 19.2. The van der Waals surface area contributed by atoms with Gasteiger partial charge in [-0.25, -0.2) is 0 Å². The first-order valence-corrected chi connectivity index (χ1v) is 11.8. The number of aliphatic imine (C=N–C) groups is 1. The van der Waals surface area contributed by atoms with Crippen LogP contribution in [0.4, 0.5) is 0 Å². The Bertz CT molecular complexity index is 1220. The molecule has 0 saturated carbocycles. The number of nitrogens with one attached hydrogen (secondary N) is 1. The molecule has 3 aliphatic rings. The Hall–Kier alpha value is -3.17. The molecule has 0 bridgehead atoms. The number of likely N-dealkylation sites (tertiary alicyclic amines) is 1. The molecule has 0 spiro atoms. The summed E-state index contributed by atoms with van der Waals surface area (Å²) in [7, 11) is 0. The first-order chi connectivity index (χ1) is 16.0. The van der Waals surface area contributed by atoms with Gasteiger partial charge in [0.05, 0.1) is 12.0 Å². The van der Waals surface area contributed by atoms with E-state index < -0.39 is 5.91 Å². The lowest BCUT2D eigenvalue weighted by Gasteiger charge is -2.26. The van der Waals surface area contributed by atoms with Crippen molar-refractivity contribution in [3.63, 3.8) is 0 Å². The molecule has 0 unspecified atom stereocenters. The standard InChI is InChI=1S/C23H20ClN5O3S/c24-15-6-4-14(5-7-15)18-9-8-16(32-18)12-17-21(25)29-23(26-22(17)31)33-19(27-29)13-20(30)28-10-2-1-3-11-28/h4-9,12,25H,1-3,10-11,13H2/b17-12-,25-21?. The zero-order chi connectivity index (χ0) is 22.9. The fourth-order valence-electron chi connectivity index (χ4n) is 3.83. The molecular formula is C23H20ClN5O3S. The maximum Gasteiger partial charge on any atom is 0.283 e. The molecule has 168 valence electrons. The van der Waals surface area contributed by atoms with E-state index in [2.05, 4.69) is 10.1 Å². The molecule has 5 rings (SSSR count). The van der Waals surface area contributed by atoms with E-state index in [4.69, 9.17) is 21.4 Å². The van der Waals surface area contributed by atoms with E-state index in [9.17, 15) is 9.59 Å². The normalized spacial score (nSPS) is 19.6. The number of furan rings is 1. The summed E-state index contributed by atoms with van der Waals surface area (Å²) in [6.45, 7) is 1.54. The smallest absolute Gasteiger partial charge is 0.283 e. The number of nitrogens with zero attached hydrogens (tertiary/aromatic N) is 4. The summed E-state index contributed by atoms with van der Waals surface area (Å²) in [6, 6.07) is 10.7. The van der Waals surface area contributed by atoms with E-state index in [0.29, 0.717) is 26.8 Å². The first-order valence-electron chi connectivity index (χ1n) is 10.6. The van der Waals surface area contributed by atoms with Crippen LogP contribution in [0, 0.1) is 5.41 Å². The summed E-state index contributed by atoms with van der Waals surface area (Å²) in [6.07, 6.45) is 4.81. The van der Waals surface area contributed by atoms with Crippen LogP contribution in [0.1, 0.15) is 31.4 Å². The van der Waals surface area contributed by atoms with Crippen molar-refractivity contribution in [2.75, 3.05) is 13.1 Å². The van der Waals surface area contributed by atoms with Gasteiger partial charge in [-0.3, -0.25) is 15.0 Å². The molecule has 1 N–H and O–H groups in total. The van der Waals surface area contributed by atoms with Gasteiger partial charge in [0, 0.05) is 23.7 Å². The molecule has 0 atom stereocenters. The van der Waals surface area contributed by atoms with Gasteiger partial charge in [0.15, 0.2) is 5.84 Å². The number of amidine groups is 2. The van der Waals surface area contributed by atoms with Crippen molar-refractivity contribution >= 4 is 57.3 Å². The van der Waals surface area contributed by atoms with Crippen molar-refractivity contribution in [2.45, 2.75) is 25.7 Å². The lowest BCUT2D eigenvalue weighted by molar-refractivity contribution is -0.130. The van der Waals surface area contributed by atoms with Crippen molar-refractivity contribution in [1.29, 1.82) is 5.41 Å². The minimum atomic E-state index is -0.540. The van der Waals surface area contributed by atoms with Crippen molar-refractivity contribution in [3.05, 3.63) is 52.8 Å². The molecule has 1 aromatic carbocycles. The average molecular weight is 482 g/mol. The average Bonchev–Trinajstić information content (AvgIpc) is 3.45. The van der Waals surface area contributed by atoms with E-state index in [-0.39, 0.29) is 23.7 Å². The zero-order valence-electron chi connectivity index (χ0n) is 17.6. The monoisotopic (exact) mass is 481 g/mol. The quantitative estimate of drug-likeness (QED) is 0.642. The largest absolute Gasteiger partial charge is 0.457 e. The number of piperidine rings is 1. The second-order valence-corrected chi connectivity index (χ2v) is 9.32. The number of hydrazone groups is 1. The molecular weight excluding hydrogens is 462 g/mol. The molecule has 1 fully saturated rings. The van der Waals surface area contributed by atoms with Crippen LogP contribution < -0.4 is 0 Å². The highest BCUT2D eigenvalue weighted by Crippen LogP contribution is 2.31. The Morgan fingerprint density at radius 1 is 1.15 bits per heavy atom. The number of hydrogen-bond donors (Lipinski definition) is 1. The summed E-state index contributed by atoms with van der Waals surface area (Å²) in [4.78, 5) is 31.1. The molecule has 0 radical (unpaired) electrons. The summed E-state index contributed by atoms with van der Waals surface area (Å²) in [5.74, 6) is 0.415. The van der Waals surface area contributed by atoms with Crippen LogP contribution in [-0.4, -0.2) is 50.9 Å². The lowest BCUT2D eigenvalue weighted by Crippen LogP contribution is -2.36. The highest BCUT2D eigenvalue weighted by Gasteiger charge is 2.36. The fraction of sp³-hybridized carbons (Fsp3) is 0.261. The van der Waals surface area contributed by atoms with Gasteiger partial charge in [0.2, 0.25) is 11.1 Å². The van der Waals surface area contributed by atoms with Crippen LogP contribution >= 0.6 is 23.4 Å². The van der Waals surface area contributed by atoms with Crippen molar-refractivity contribution < 1.29 is 14.0 Å². The molecule has 1 saturated heterocycles. The number of thioether (sulfide) groups is 1. The minimum Gasteiger partial charge on any atom is -0.457 e. The number of benzene rings is 1. The van der Waals surface area contributed by atoms with E-state index in [1.807, 2.05) is 17.0 Å². The molecule has 10 heteroatoms. The van der Waals surface area contributed by atoms with Gasteiger partial charge in [-0.2, -0.15) is 15.1 Å². The van der Waals surface area contributed by atoms with E-state index in [1.54, 1.807) is 24.3 Å². The maximum atomic E-state index is 12.6. The second kappa shape index (κ2) is 8.99. The van der Waals surface area contributed by atoms with Gasteiger partial charge in [-0.05, 0) is 73.5 Å². The molecule has 8 nitrogen and oxygen atoms in total.